The van der Waals surface area contributed by atoms with Gasteiger partial charge in [0.05, 0.1) is 22.4 Å². The van der Waals surface area contributed by atoms with Gasteiger partial charge in [0.2, 0.25) is 0 Å². The van der Waals surface area contributed by atoms with Gasteiger partial charge in [0, 0.05) is 61.9 Å². The number of hydrogen-bond donors (Lipinski definition) is 2. The first-order valence-corrected chi connectivity index (χ1v) is 11.6. The molecular weight excluding hydrogens is 460 g/mol. The van der Waals surface area contributed by atoms with Crippen molar-refractivity contribution >= 4 is 33.7 Å². The maximum absolute atomic E-state index is 12.3. The molecule has 2 aromatic heterocycles. The van der Waals surface area contributed by atoms with E-state index in [1.165, 1.54) is 0 Å². The van der Waals surface area contributed by atoms with Crippen LogP contribution in [-0.4, -0.2) is 43.6 Å². The highest BCUT2D eigenvalue weighted by Crippen LogP contribution is 2.26. The van der Waals surface area contributed by atoms with Gasteiger partial charge in [0.25, 0.3) is 0 Å². The van der Waals surface area contributed by atoms with Crippen molar-refractivity contribution in [3.63, 3.8) is 0 Å². The van der Waals surface area contributed by atoms with E-state index in [0.29, 0.717) is 24.3 Å². The number of nitrogens with zero attached hydrogens (tertiary/aromatic N) is 4. The molecule has 4 aromatic rings. The molecule has 0 aliphatic carbocycles. The number of aryl methyl sites for hydroxylation is 2. The Balaban J connectivity index is 1.43. The highest BCUT2D eigenvalue weighted by Gasteiger charge is 2.14. The lowest BCUT2D eigenvalue weighted by Gasteiger charge is -2.05. The fourth-order valence-electron chi connectivity index (χ4n) is 4.11. The average Bonchev–Trinajstić information content (AvgIpc) is 3.27. The Kier molecular flexibility index (Phi) is 7.18. The van der Waals surface area contributed by atoms with Crippen molar-refractivity contribution < 1.29 is 19.1 Å². The third kappa shape index (κ3) is 5.61. The first kappa shape index (κ1) is 25.1. The average molecular weight is 491 g/mol. The van der Waals surface area contributed by atoms with Crippen LogP contribution in [0.2, 0.25) is 0 Å². The normalized spacial score (nSPS) is 13.4. The van der Waals surface area contributed by atoms with Gasteiger partial charge >= 0.3 is 11.9 Å². The molecule has 0 aliphatic rings. The van der Waals surface area contributed by atoms with Crippen LogP contribution >= 0.6 is 0 Å². The minimum Gasteiger partial charge on any atom is -0.423 e. The van der Waals surface area contributed by atoms with Crippen molar-refractivity contribution in [1.82, 2.24) is 19.6 Å². The van der Waals surface area contributed by atoms with Gasteiger partial charge in [0.1, 0.15) is 11.5 Å². The van der Waals surface area contributed by atoms with Gasteiger partial charge in [-0.2, -0.15) is 10.2 Å². The highest BCUT2D eigenvalue weighted by atomic mass is 16.5. The van der Waals surface area contributed by atoms with Crippen molar-refractivity contribution in [1.29, 1.82) is 0 Å². The summed E-state index contributed by atoms with van der Waals surface area (Å²) in [6.45, 7) is 3.81. The molecule has 4 rings (SSSR count). The molecule has 2 aromatic carbocycles. The monoisotopic (exact) mass is 490 g/mol. The minimum absolute atomic E-state index is 0.0575. The Hall–Kier alpha value is -4.02. The predicted molar refractivity (Wildman–Crippen MR) is 137 cm³/mol. The van der Waals surface area contributed by atoms with Crippen LogP contribution < -0.4 is 20.9 Å². The number of fused-ring (bicyclic) bond motifs is 2. The zero-order valence-electron chi connectivity index (χ0n) is 20.8. The number of ether oxygens (including phenoxy) is 2. The molecule has 0 amide bonds. The Labute approximate surface area is 208 Å². The fraction of sp³-hybridized carbons (Fsp3) is 0.308. The molecule has 0 saturated heterocycles. The van der Waals surface area contributed by atoms with Gasteiger partial charge in [0.15, 0.2) is 0 Å². The predicted octanol–water partition coefficient (Wildman–Crippen LogP) is 2.31. The van der Waals surface area contributed by atoms with E-state index in [2.05, 4.69) is 10.2 Å². The lowest BCUT2D eigenvalue weighted by atomic mass is 10.1. The molecule has 0 spiro atoms. The van der Waals surface area contributed by atoms with Crippen LogP contribution in [0.15, 0.2) is 48.6 Å². The van der Waals surface area contributed by atoms with E-state index in [0.717, 1.165) is 45.3 Å². The Bertz CT molecular complexity index is 1350. The van der Waals surface area contributed by atoms with Crippen LogP contribution in [0.4, 0.5) is 0 Å². The second-order valence-electron chi connectivity index (χ2n) is 9.04. The summed E-state index contributed by atoms with van der Waals surface area (Å²) in [4.78, 5) is 24.6. The van der Waals surface area contributed by atoms with Gasteiger partial charge in [-0.3, -0.25) is 9.36 Å². The largest absolute Gasteiger partial charge is 0.423 e. The maximum Gasteiger partial charge on any atom is 0.336 e. The molecule has 0 radical (unpaired) electrons. The number of carbonyl (C=O) groups excluding carboxylic acids is 2. The summed E-state index contributed by atoms with van der Waals surface area (Å²) in [7, 11) is 3.69. The highest BCUT2D eigenvalue weighted by molar-refractivity contribution is 5.94. The van der Waals surface area contributed by atoms with Crippen LogP contribution in [0.3, 0.4) is 0 Å². The Morgan fingerprint density at radius 3 is 1.56 bits per heavy atom. The summed E-state index contributed by atoms with van der Waals surface area (Å²) < 4.78 is 14.3. The number of benzene rings is 2. The van der Waals surface area contributed by atoms with E-state index >= 15 is 0 Å². The SMILES string of the molecule is CC(N)Cc1nn(C)c2ccc(OC(=O)/C=C/C(=O)Oc3ccc4c(c3)c(CC(C)N)nn4C)cc12. The quantitative estimate of drug-likeness (QED) is 0.218. The van der Waals surface area contributed by atoms with Crippen LogP contribution in [0, 0.1) is 0 Å². The summed E-state index contributed by atoms with van der Waals surface area (Å²) in [6.07, 6.45) is 3.25. The molecule has 10 heteroatoms. The van der Waals surface area contributed by atoms with Crippen LogP contribution in [0.1, 0.15) is 25.2 Å². The topological polar surface area (TPSA) is 140 Å². The summed E-state index contributed by atoms with van der Waals surface area (Å²) in [5, 5.41) is 10.7. The van der Waals surface area contributed by atoms with Gasteiger partial charge in [-0.25, -0.2) is 9.59 Å². The number of hydrogen-bond acceptors (Lipinski definition) is 8. The molecule has 0 fully saturated rings. The summed E-state index contributed by atoms with van der Waals surface area (Å²) >= 11 is 0. The Morgan fingerprint density at radius 2 is 1.19 bits per heavy atom. The van der Waals surface area contributed by atoms with E-state index in [9.17, 15) is 9.59 Å². The smallest absolute Gasteiger partial charge is 0.336 e. The standard InChI is InChI=1S/C26H30N6O4/c1-15(27)11-21-19-13-17(5-7-23(19)31(3)29-21)35-25(33)9-10-26(34)36-18-6-8-24-20(14-18)22(12-16(2)28)30-32(24)4/h5-10,13-16H,11-12,27-28H2,1-4H3/b10-9+. The van der Waals surface area contributed by atoms with E-state index in [1.54, 1.807) is 33.6 Å². The third-order valence-electron chi connectivity index (χ3n) is 5.62. The molecule has 2 heterocycles. The molecule has 0 bridgehead atoms. The van der Waals surface area contributed by atoms with Crippen molar-refractivity contribution in [3.8, 4) is 11.5 Å². The van der Waals surface area contributed by atoms with Gasteiger partial charge < -0.3 is 20.9 Å². The van der Waals surface area contributed by atoms with Gasteiger partial charge in [-0.1, -0.05) is 0 Å². The fourth-order valence-corrected chi connectivity index (χ4v) is 4.11. The van der Waals surface area contributed by atoms with Gasteiger partial charge in [-0.15, -0.1) is 0 Å². The number of carbonyl (C=O) groups is 2. The summed E-state index contributed by atoms with van der Waals surface area (Å²) in [5.41, 5.74) is 15.3. The molecule has 2 unspecified atom stereocenters. The molecule has 10 nitrogen and oxygen atoms in total. The third-order valence-corrected chi connectivity index (χ3v) is 5.62. The maximum atomic E-state index is 12.3. The van der Waals surface area contributed by atoms with Crippen molar-refractivity contribution in [3.05, 3.63) is 59.9 Å². The number of nitrogens with two attached hydrogens (primary N) is 2. The second kappa shape index (κ2) is 10.3. The van der Waals surface area contributed by atoms with Crippen LogP contribution in [-0.2, 0) is 36.5 Å². The first-order valence-electron chi connectivity index (χ1n) is 11.6. The lowest BCUT2D eigenvalue weighted by Crippen LogP contribution is -2.18. The van der Waals surface area contributed by atoms with E-state index in [4.69, 9.17) is 20.9 Å². The van der Waals surface area contributed by atoms with Gasteiger partial charge in [-0.05, 0) is 50.2 Å². The zero-order chi connectivity index (χ0) is 26.0. The van der Waals surface area contributed by atoms with Crippen LogP contribution in [0.5, 0.6) is 11.5 Å². The minimum atomic E-state index is -0.703. The number of rotatable bonds is 8. The Morgan fingerprint density at radius 1 is 0.806 bits per heavy atom. The molecular formula is C26H30N6O4. The first-order chi connectivity index (χ1) is 17.1. The molecule has 0 aliphatic heterocycles. The molecule has 36 heavy (non-hydrogen) atoms. The lowest BCUT2D eigenvalue weighted by molar-refractivity contribution is -0.131. The molecule has 0 saturated carbocycles. The van der Waals surface area contributed by atoms with Crippen molar-refractivity contribution in [2.75, 3.05) is 0 Å². The zero-order valence-corrected chi connectivity index (χ0v) is 20.8. The molecule has 188 valence electrons. The van der Waals surface area contributed by atoms with Crippen LogP contribution in [0.25, 0.3) is 21.8 Å². The summed E-state index contributed by atoms with van der Waals surface area (Å²) in [6, 6.07) is 10.4. The molecule has 2 atom stereocenters. The number of aromatic nitrogens is 4. The second-order valence-corrected chi connectivity index (χ2v) is 9.04. The van der Waals surface area contributed by atoms with E-state index in [-0.39, 0.29) is 12.1 Å². The summed E-state index contributed by atoms with van der Waals surface area (Å²) in [5.74, 6) is -0.724. The van der Waals surface area contributed by atoms with E-state index < -0.39 is 11.9 Å². The molecule has 4 N–H and O–H groups in total. The van der Waals surface area contributed by atoms with Crippen molar-refractivity contribution in [2.45, 2.75) is 38.8 Å². The number of esters is 2. The van der Waals surface area contributed by atoms with Crippen molar-refractivity contribution in [2.24, 2.45) is 25.6 Å². The van der Waals surface area contributed by atoms with E-state index in [1.807, 2.05) is 40.1 Å².